The van der Waals surface area contributed by atoms with Gasteiger partial charge in [-0.15, -0.1) is 0 Å². The van der Waals surface area contributed by atoms with Crippen molar-refractivity contribution in [1.82, 2.24) is 0 Å². The lowest BCUT2D eigenvalue weighted by Gasteiger charge is -2.00. The van der Waals surface area contributed by atoms with Crippen LogP contribution in [0.4, 0.5) is 9.59 Å². The summed E-state index contributed by atoms with van der Waals surface area (Å²) in [5.41, 5.74) is 0. The first-order valence-electron chi connectivity index (χ1n) is 4.75. The van der Waals surface area contributed by atoms with E-state index < -0.39 is 12.3 Å². The van der Waals surface area contributed by atoms with Crippen LogP contribution >= 0.6 is 0 Å². The quantitative estimate of drug-likeness (QED) is 0.536. The molecule has 0 rings (SSSR count). The van der Waals surface area contributed by atoms with Crippen LogP contribution in [0.3, 0.4) is 0 Å². The summed E-state index contributed by atoms with van der Waals surface area (Å²) in [6, 6.07) is 0. The third-order valence-corrected chi connectivity index (χ3v) is 1.17. The van der Waals surface area contributed by atoms with E-state index in [0.717, 1.165) is 0 Å². The third-order valence-electron chi connectivity index (χ3n) is 1.17. The Bertz CT molecular complexity index is 249. The van der Waals surface area contributed by atoms with Crippen LogP contribution in [-0.4, -0.2) is 38.7 Å². The molecule has 0 atom stereocenters. The largest absolute Gasteiger partial charge is 0.509 e. The Morgan fingerprint density at radius 1 is 0.812 bits per heavy atom. The predicted molar refractivity (Wildman–Crippen MR) is 53.7 cm³/mol. The highest BCUT2D eigenvalue weighted by Crippen LogP contribution is 1.84. The van der Waals surface area contributed by atoms with Crippen LogP contribution in [0.5, 0.6) is 0 Å². The van der Waals surface area contributed by atoms with E-state index in [1.807, 2.05) is 0 Å². The second-order valence-corrected chi connectivity index (χ2v) is 2.30. The first kappa shape index (κ1) is 14.1. The Labute approximate surface area is 93.8 Å². The zero-order valence-electron chi connectivity index (χ0n) is 9.28. The van der Waals surface area contributed by atoms with Gasteiger partial charge in [0, 0.05) is 0 Å². The molecule has 0 radical (unpaired) electrons. The van der Waals surface area contributed by atoms with E-state index in [0.29, 0.717) is 0 Å². The summed E-state index contributed by atoms with van der Waals surface area (Å²) in [5.74, 6) is 4.93. The van der Waals surface area contributed by atoms with Crippen LogP contribution in [0, 0.1) is 11.8 Å². The second kappa shape index (κ2) is 9.65. The molecule has 0 aliphatic rings. The fourth-order valence-corrected chi connectivity index (χ4v) is 0.611. The van der Waals surface area contributed by atoms with E-state index in [1.54, 1.807) is 13.8 Å². The van der Waals surface area contributed by atoms with Crippen LogP contribution in [0.15, 0.2) is 0 Å². The Hall–Kier alpha value is -1.90. The minimum atomic E-state index is -0.775. The molecule has 16 heavy (non-hydrogen) atoms. The molecule has 0 unspecified atom stereocenters. The number of ether oxygens (including phenoxy) is 4. The third kappa shape index (κ3) is 8.69. The van der Waals surface area contributed by atoms with Gasteiger partial charge >= 0.3 is 12.3 Å². The highest BCUT2D eigenvalue weighted by Gasteiger charge is 1.99. The Morgan fingerprint density at radius 2 is 1.19 bits per heavy atom. The molecule has 0 saturated carbocycles. The monoisotopic (exact) mass is 230 g/mol. The average molecular weight is 230 g/mol. The van der Waals surface area contributed by atoms with Crippen molar-refractivity contribution in [2.75, 3.05) is 26.4 Å². The maximum Gasteiger partial charge on any atom is 0.509 e. The first-order valence-corrected chi connectivity index (χ1v) is 4.75. The van der Waals surface area contributed by atoms with E-state index in [1.165, 1.54) is 0 Å². The molecule has 6 heteroatoms. The van der Waals surface area contributed by atoms with Crippen molar-refractivity contribution in [1.29, 1.82) is 0 Å². The fraction of sp³-hybridized carbons (Fsp3) is 0.600. The zero-order valence-corrected chi connectivity index (χ0v) is 9.28. The number of carbonyl (C=O) groups excluding carboxylic acids is 2. The van der Waals surface area contributed by atoms with Crippen LogP contribution in [0.1, 0.15) is 13.8 Å². The van der Waals surface area contributed by atoms with Crippen molar-refractivity contribution in [3.8, 4) is 11.8 Å². The molecule has 0 spiro atoms. The molecule has 90 valence electrons. The molecule has 0 aliphatic heterocycles. The molecule has 0 heterocycles. The Morgan fingerprint density at radius 3 is 1.50 bits per heavy atom. The molecule has 0 N–H and O–H groups in total. The lowest BCUT2D eigenvalue weighted by atomic mass is 10.6. The molecule has 0 aromatic rings. The van der Waals surface area contributed by atoms with Crippen molar-refractivity contribution >= 4 is 12.3 Å². The van der Waals surface area contributed by atoms with Gasteiger partial charge in [0.25, 0.3) is 0 Å². The van der Waals surface area contributed by atoms with Crippen LogP contribution in [-0.2, 0) is 18.9 Å². The Balaban J connectivity index is 3.48. The summed E-state index contributed by atoms with van der Waals surface area (Å²) in [6.45, 7) is 3.62. The molecule has 6 nitrogen and oxygen atoms in total. The number of carbonyl (C=O) groups is 2. The Kier molecular flexibility index (Phi) is 8.50. The summed E-state index contributed by atoms with van der Waals surface area (Å²) in [5, 5.41) is 0. The van der Waals surface area contributed by atoms with E-state index in [2.05, 4.69) is 30.8 Å². The maximum absolute atomic E-state index is 10.7. The van der Waals surface area contributed by atoms with Gasteiger partial charge < -0.3 is 18.9 Å². The van der Waals surface area contributed by atoms with E-state index in [9.17, 15) is 9.59 Å². The standard InChI is InChI=1S/C10H14O6/c1-3-13-9(11)15-7-5-6-8-16-10(12)14-4-2/h3-4,7-8H2,1-2H3. The minimum Gasteiger partial charge on any atom is -0.435 e. The summed E-state index contributed by atoms with van der Waals surface area (Å²) in [7, 11) is 0. The fourth-order valence-electron chi connectivity index (χ4n) is 0.611. The van der Waals surface area contributed by atoms with Crippen molar-refractivity contribution in [2.24, 2.45) is 0 Å². The topological polar surface area (TPSA) is 71.1 Å². The van der Waals surface area contributed by atoms with Gasteiger partial charge in [-0.05, 0) is 13.8 Å². The van der Waals surface area contributed by atoms with Crippen LogP contribution in [0.2, 0.25) is 0 Å². The van der Waals surface area contributed by atoms with Gasteiger partial charge in [0.15, 0.2) is 13.2 Å². The normalized spacial score (nSPS) is 8.38. The molecule has 0 aromatic carbocycles. The average Bonchev–Trinajstić information content (AvgIpc) is 2.24. The molecule has 0 aromatic heterocycles. The summed E-state index contributed by atoms with van der Waals surface area (Å²) >= 11 is 0. The molecular formula is C10H14O6. The van der Waals surface area contributed by atoms with Gasteiger partial charge in [0.1, 0.15) is 0 Å². The molecule has 0 fully saturated rings. The molecule has 0 saturated heterocycles. The lowest BCUT2D eigenvalue weighted by Crippen LogP contribution is -2.08. The molecule has 0 amide bonds. The van der Waals surface area contributed by atoms with Crippen molar-refractivity contribution in [3.05, 3.63) is 0 Å². The SMILES string of the molecule is CCOC(=O)OCC#CCOC(=O)OCC. The van der Waals surface area contributed by atoms with Gasteiger partial charge in [0.05, 0.1) is 13.2 Å². The highest BCUT2D eigenvalue weighted by molar-refractivity contribution is 5.60. The number of hydrogen-bond acceptors (Lipinski definition) is 6. The minimum absolute atomic E-state index is 0.106. The predicted octanol–water partition coefficient (Wildman–Crippen LogP) is 1.34. The summed E-state index contributed by atoms with van der Waals surface area (Å²) in [4.78, 5) is 21.3. The van der Waals surface area contributed by atoms with Gasteiger partial charge in [-0.3, -0.25) is 0 Å². The summed E-state index contributed by atoms with van der Waals surface area (Å²) < 4.78 is 18.0. The molecule has 0 bridgehead atoms. The van der Waals surface area contributed by atoms with Crippen LogP contribution < -0.4 is 0 Å². The number of hydrogen-bond donors (Lipinski definition) is 0. The van der Waals surface area contributed by atoms with Gasteiger partial charge in [-0.25, -0.2) is 9.59 Å². The van der Waals surface area contributed by atoms with Gasteiger partial charge in [0.2, 0.25) is 0 Å². The zero-order chi connectivity index (χ0) is 12.2. The van der Waals surface area contributed by atoms with E-state index >= 15 is 0 Å². The van der Waals surface area contributed by atoms with Gasteiger partial charge in [-0.2, -0.15) is 0 Å². The van der Waals surface area contributed by atoms with Crippen LogP contribution in [0.25, 0.3) is 0 Å². The lowest BCUT2D eigenvalue weighted by molar-refractivity contribution is 0.0661. The van der Waals surface area contributed by atoms with Gasteiger partial charge in [-0.1, -0.05) is 11.8 Å². The second-order valence-electron chi connectivity index (χ2n) is 2.30. The molecular weight excluding hydrogens is 216 g/mol. The first-order chi connectivity index (χ1) is 7.70. The van der Waals surface area contributed by atoms with E-state index in [-0.39, 0.29) is 26.4 Å². The van der Waals surface area contributed by atoms with E-state index in [4.69, 9.17) is 0 Å². The highest BCUT2D eigenvalue weighted by atomic mass is 16.7. The van der Waals surface area contributed by atoms with Crippen molar-refractivity contribution < 1.29 is 28.5 Å². The molecule has 0 aliphatic carbocycles. The number of rotatable bonds is 4. The van der Waals surface area contributed by atoms with Crippen molar-refractivity contribution in [3.63, 3.8) is 0 Å². The summed E-state index contributed by atoms with van der Waals surface area (Å²) in [6.07, 6.45) is -1.55. The van der Waals surface area contributed by atoms with Crippen molar-refractivity contribution in [2.45, 2.75) is 13.8 Å². The maximum atomic E-state index is 10.7. The smallest absolute Gasteiger partial charge is 0.435 e.